The summed E-state index contributed by atoms with van der Waals surface area (Å²) in [6.07, 6.45) is 0. The molecule has 1 heterocycles. The van der Waals surface area contributed by atoms with Gasteiger partial charge in [-0.05, 0) is 36.4 Å². The maximum absolute atomic E-state index is 13.0. The third kappa shape index (κ3) is 5.18. The zero-order chi connectivity index (χ0) is 22.8. The fourth-order valence-electron chi connectivity index (χ4n) is 2.83. The molecule has 1 N–H and O–H groups in total. The average molecular weight is 501 g/mol. The first-order valence-electron chi connectivity index (χ1n) is 8.94. The van der Waals surface area contributed by atoms with Crippen molar-refractivity contribution < 1.29 is 16.8 Å². The monoisotopic (exact) mass is 500 g/mol. The highest BCUT2D eigenvalue weighted by molar-refractivity contribution is 7.92. The summed E-state index contributed by atoms with van der Waals surface area (Å²) in [4.78, 5) is 5.99. The lowest BCUT2D eigenvalue weighted by Gasteiger charge is -2.23. The lowest BCUT2D eigenvalue weighted by molar-refractivity contribution is 0.520. The average Bonchev–Trinajstić information content (AvgIpc) is 3.20. The number of aromatic nitrogens is 1. The molecule has 0 saturated heterocycles. The van der Waals surface area contributed by atoms with E-state index < -0.39 is 20.0 Å². The summed E-state index contributed by atoms with van der Waals surface area (Å²) in [5.74, 6) is 0. The van der Waals surface area contributed by atoms with Gasteiger partial charge in [0.25, 0.3) is 10.0 Å². The Morgan fingerprint density at radius 1 is 1.00 bits per heavy atom. The van der Waals surface area contributed by atoms with Gasteiger partial charge in [0.2, 0.25) is 10.0 Å². The smallest absolute Gasteiger partial charge is 0.261 e. The molecule has 31 heavy (non-hydrogen) atoms. The molecule has 0 aliphatic rings. The Balaban J connectivity index is 1.91. The molecule has 1 aromatic heterocycles. The Hall–Kier alpha value is -2.18. The van der Waals surface area contributed by atoms with Crippen molar-refractivity contribution in [3.05, 3.63) is 64.1 Å². The Morgan fingerprint density at radius 2 is 1.65 bits per heavy atom. The number of nitrogens with one attached hydrogen (secondary N) is 1. The lowest BCUT2D eigenvalue weighted by atomic mass is 10.2. The van der Waals surface area contributed by atoms with Crippen LogP contribution in [0.15, 0.2) is 63.1 Å². The van der Waals surface area contributed by atoms with Gasteiger partial charge in [-0.15, -0.1) is 11.3 Å². The van der Waals surface area contributed by atoms with E-state index in [1.54, 1.807) is 30.8 Å². The van der Waals surface area contributed by atoms with E-state index >= 15 is 0 Å². The van der Waals surface area contributed by atoms with Gasteiger partial charge in [0.15, 0.2) is 0 Å². The Kier molecular flexibility index (Phi) is 6.92. The van der Waals surface area contributed by atoms with Gasteiger partial charge in [-0.1, -0.05) is 17.7 Å². The highest BCUT2D eigenvalue weighted by Gasteiger charge is 2.22. The number of rotatable bonds is 8. The molecular weight excluding hydrogens is 480 g/mol. The molecule has 0 saturated carbocycles. The maximum atomic E-state index is 13.0. The van der Waals surface area contributed by atoms with E-state index in [0.717, 1.165) is 10.00 Å². The largest absolute Gasteiger partial charge is 0.366 e. The summed E-state index contributed by atoms with van der Waals surface area (Å²) in [7, 11) is -3.04. The van der Waals surface area contributed by atoms with Gasteiger partial charge in [0.1, 0.15) is 0 Å². The fourth-order valence-corrected chi connectivity index (χ4v) is 5.67. The number of benzene rings is 2. The van der Waals surface area contributed by atoms with Crippen LogP contribution in [0.5, 0.6) is 0 Å². The third-order valence-electron chi connectivity index (χ3n) is 4.41. The second-order valence-corrected chi connectivity index (χ2v) is 11.8. The van der Waals surface area contributed by atoms with Crippen molar-refractivity contribution in [2.24, 2.45) is 0 Å². The molecular formula is C19H21ClN4O4S3. The van der Waals surface area contributed by atoms with Crippen LogP contribution in [0.1, 0.15) is 5.69 Å². The van der Waals surface area contributed by atoms with E-state index in [2.05, 4.69) is 9.71 Å². The molecule has 0 atom stereocenters. The first-order chi connectivity index (χ1) is 14.5. The molecule has 0 amide bonds. The van der Waals surface area contributed by atoms with Gasteiger partial charge in [-0.3, -0.25) is 4.72 Å². The van der Waals surface area contributed by atoms with Gasteiger partial charge >= 0.3 is 0 Å². The number of hydrogen-bond donors (Lipinski definition) is 1. The van der Waals surface area contributed by atoms with Crippen LogP contribution in [0, 0.1) is 0 Å². The minimum absolute atomic E-state index is 0.00268. The maximum Gasteiger partial charge on any atom is 0.261 e. The van der Waals surface area contributed by atoms with Crippen molar-refractivity contribution in [2.45, 2.75) is 16.3 Å². The molecule has 166 valence electrons. The van der Waals surface area contributed by atoms with Crippen LogP contribution in [-0.2, 0) is 26.6 Å². The molecule has 0 spiro atoms. The topological polar surface area (TPSA) is 99.7 Å². The zero-order valence-corrected chi connectivity index (χ0v) is 20.2. The van der Waals surface area contributed by atoms with Crippen LogP contribution in [0.2, 0.25) is 5.02 Å². The predicted molar refractivity (Wildman–Crippen MR) is 124 cm³/mol. The number of anilines is 2. The highest BCUT2D eigenvalue weighted by Crippen LogP contribution is 2.35. The van der Waals surface area contributed by atoms with Crippen molar-refractivity contribution in [3.8, 4) is 0 Å². The Morgan fingerprint density at radius 3 is 2.23 bits per heavy atom. The van der Waals surface area contributed by atoms with Crippen molar-refractivity contribution in [3.63, 3.8) is 0 Å². The van der Waals surface area contributed by atoms with Crippen LogP contribution in [0.3, 0.4) is 0 Å². The normalized spacial score (nSPS) is 12.2. The number of nitrogens with zero attached hydrogens (tertiary/aromatic N) is 3. The van der Waals surface area contributed by atoms with Gasteiger partial charge < -0.3 is 4.90 Å². The number of para-hydroxylation sites is 1. The third-order valence-corrected chi connectivity index (χ3v) is 8.56. The Labute approximate surface area is 191 Å². The molecule has 0 aliphatic heterocycles. The lowest BCUT2D eigenvalue weighted by Crippen LogP contribution is -2.22. The van der Waals surface area contributed by atoms with E-state index in [-0.39, 0.29) is 9.79 Å². The molecule has 0 aliphatic carbocycles. The highest BCUT2D eigenvalue weighted by atomic mass is 35.5. The van der Waals surface area contributed by atoms with Crippen LogP contribution >= 0.6 is 22.9 Å². The van der Waals surface area contributed by atoms with E-state index in [0.29, 0.717) is 22.9 Å². The molecule has 0 fully saturated rings. The van der Waals surface area contributed by atoms with Crippen LogP contribution in [0.4, 0.5) is 11.4 Å². The number of thiazole rings is 1. The first-order valence-corrected chi connectivity index (χ1v) is 13.2. The molecule has 0 radical (unpaired) electrons. The standard InChI is InChI=1S/C19H21ClN4O4S3/c1-23(2)31(27,28)16-9-7-15(8-10-16)30(25,26)22-18-6-4-5-17(20)19(18)24(3)11-14-12-29-13-21-14/h4-10,12-13,22H,11H2,1-3H3. The van der Waals surface area contributed by atoms with Crippen molar-refractivity contribution in [1.29, 1.82) is 0 Å². The number of hydrogen-bond acceptors (Lipinski definition) is 7. The van der Waals surface area contributed by atoms with Gasteiger partial charge in [-0.2, -0.15) is 0 Å². The van der Waals surface area contributed by atoms with Gasteiger partial charge in [0.05, 0.1) is 43.9 Å². The van der Waals surface area contributed by atoms with Crippen LogP contribution < -0.4 is 9.62 Å². The zero-order valence-electron chi connectivity index (χ0n) is 17.0. The molecule has 2 aromatic carbocycles. The van der Waals surface area contributed by atoms with Gasteiger partial charge in [0, 0.05) is 26.5 Å². The number of sulfonamides is 2. The van der Waals surface area contributed by atoms with Crippen molar-refractivity contribution in [1.82, 2.24) is 9.29 Å². The summed E-state index contributed by atoms with van der Waals surface area (Å²) in [6, 6.07) is 9.96. The molecule has 0 bridgehead atoms. The molecule has 0 unspecified atom stereocenters. The summed E-state index contributed by atoms with van der Waals surface area (Å²) in [5, 5.41) is 2.28. The molecule has 3 rings (SSSR count). The molecule has 12 heteroatoms. The van der Waals surface area contributed by atoms with Crippen molar-refractivity contribution in [2.75, 3.05) is 30.8 Å². The van der Waals surface area contributed by atoms with Crippen molar-refractivity contribution >= 4 is 54.4 Å². The summed E-state index contributed by atoms with van der Waals surface area (Å²) in [6.45, 7) is 0.444. The SMILES string of the molecule is CN(Cc1cscn1)c1c(Cl)cccc1NS(=O)(=O)c1ccc(S(=O)(=O)N(C)C)cc1. The summed E-state index contributed by atoms with van der Waals surface area (Å²) >= 11 is 7.84. The van der Waals surface area contributed by atoms with Gasteiger partial charge in [-0.25, -0.2) is 26.1 Å². The minimum Gasteiger partial charge on any atom is -0.366 e. The van der Waals surface area contributed by atoms with E-state index in [1.807, 2.05) is 10.3 Å². The summed E-state index contributed by atoms with van der Waals surface area (Å²) in [5.41, 5.74) is 3.36. The molecule has 3 aromatic rings. The second-order valence-electron chi connectivity index (χ2n) is 6.84. The van der Waals surface area contributed by atoms with Crippen LogP contribution in [0.25, 0.3) is 0 Å². The quantitative estimate of drug-likeness (QED) is 0.508. The second kappa shape index (κ2) is 9.13. The van der Waals surface area contributed by atoms with E-state index in [1.165, 1.54) is 49.7 Å². The van der Waals surface area contributed by atoms with E-state index in [4.69, 9.17) is 11.6 Å². The summed E-state index contributed by atoms with van der Waals surface area (Å²) < 4.78 is 53.9. The fraction of sp³-hybridized carbons (Fsp3) is 0.211. The predicted octanol–water partition coefficient (Wildman–Crippen LogP) is 3.48. The van der Waals surface area contributed by atoms with E-state index in [9.17, 15) is 16.8 Å². The van der Waals surface area contributed by atoms with Crippen LogP contribution in [-0.4, -0.2) is 47.3 Å². The Bertz CT molecular complexity index is 1260. The first kappa shape index (κ1) is 23.5. The molecule has 8 nitrogen and oxygen atoms in total. The number of halogens is 1. The minimum atomic E-state index is -3.99.